The molecule has 0 bridgehead atoms. The SMILES string of the molecule is CCNC(c1cc(C)ccc1OC)C(C)CC. The summed E-state index contributed by atoms with van der Waals surface area (Å²) in [4.78, 5) is 0. The smallest absolute Gasteiger partial charge is 0.123 e. The molecule has 1 rings (SSSR count). The summed E-state index contributed by atoms with van der Waals surface area (Å²) in [6, 6.07) is 6.78. The van der Waals surface area contributed by atoms with E-state index in [1.165, 1.54) is 11.1 Å². The highest BCUT2D eigenvalue weighted by atomic mass is 16.5. The minimum absolute atomic E-state index is 0.375. The Morgan fingerprint density at radius 3 is 2.53 bits per heavy atom. The van der Waals surface area contributed by atoms with E-state index in [1.807, 2.05) is 0 Å². The van der Waals surface area contributed by atoms with Gasteiger partial charge in [-0.2, -0.15) is 0 Å². The first-order chi connectivity index (χ1) is 8.13. The molecular formula is C15H25NO. The second-order valence-corrected chi connectivity index (χ2v) is 4.67. The van der Waals surface area contributed by atoms with Crippen LogP contribution in [0.25, 0.3) is 0 Å². The van der Waals surface area contributed by atoms with Gasteiger partial charge in [0.05, 0.1) is 7.11 Å². The van der Waals surface area contributed by atoms with Crippen LogP contribution in [0.2, 0.25) is 0 Å². The molecule has 2 unspecified atom stereocenters. The minimum Gasteiger partial charge on any atom is -0.496 e. The van der Waals surface area contributed by atoms with Crippen LogP contribution in [0, 0.1) is 12.8 Å². The molecular weight excluding hydrogens is 210 g/mol. The van der Waals surface area contributed by atoms with E-state index in [1.54, 1.807) is 7.11 Å². The summed E-state index contributed by atoms with van der Waals surface area (Å²) in [5.41, 5.74) is 2.57. The number of hydrogen-bond acceptors (Lipinski definition) is 2. The zero-order valence-corrected chi connectivity index (χ0v) is 11.7. The van der Waals surface area contributed by atoms with Crippen molar-refractivity contribution < 1.29 is 4.74 Å². The Morgan fingerprint density at radius 1 is 1.29 bits per heavy atom. The van der Waals surface area contributed by atoms with E-state index in [-0.39, 0.29) is 0 Å². The van der Waals surface area contributed by atoms with Crippen molar-refractivity contribution in [2.75, 3.05) is 13.7 Å². The number of nitrogens with one attached hydrogen (secondary N) is 1. The monoisotopic (exact) mass is 235 g/mol. The van der Waals surface area contributed by atoms with E-state index < -0.39 is 0 Å². The first kappa shape index (κ1) is 14.0. The van der Waals surface area contributed by atoms with Crippen LogP contribution in [0.4, 0.5) is 0 Å². The average molecular weight is 235 g/mol. The van der Waals surface area contributed by atoms with Gasteiger partial charge in [0.2, 0.25) is 0 Å². The zero-order chi connectivity index (χ0) is 12.8. The predicted molar refractivity (Wildman–Crippen MR) is 73.6 cm³/mol. The van der Waals surface area contributed by atoms with Gasteiger partial charge in [-0.25, -0.2) is 0 Å². The second kappa shape index (κ2) is 6.65. The third-order valence-corrected chi connectivity index (χ3v) is 3.36. The van der Waals surface area contributed by atoms with Gasteiger partial charge in [-0.1, -0.05) is 44.9 Å². The van der Waals surface area contributed by atoms with Crippen LogP contribution in [-0.4, -0.2) is 13.7 Å². The van der Waals surface area contributed by atoms with Crippen LogP contribution in [0.1, 0.15) is 44.4 Å². The molecule has 0 aromatic heterocycles. The lowest BCUT2D eigenvalue weighted by molar-refractivity contribution is 0.355. The van der Waals surface area contributed by atoms with Gasteiger partial charge in [-0.05, 0) is 25.5 Å². The molecule has 2 nitrogen and oxygen atoms in total. The molecule has 0 aliphatic rings. The molecule has 1 aromatic rings. The molecule has 0 aliphatic carbocycles. The number of methoxy groups -OCH3 is 1. The Hall–Kier alpha value is -1.02. The van der Waals surface area contributed by atoms with Crippen LogP contribution in [0.3, 0.4) is 0 Å². The molecule has 0 radical (unpaired) electrons. The Labute approximate surface area is 105 Å². The number of aryl methyl sites for hydroxylation is 1. The molecule has 0 heterocycles. The predicted octanol–water partition coefficient (Wildman–Crippen LogP) is 3.70. The van der Waals surface area contributed by atoms with Crippen molar-refractivity contribution in [3.05, 3.63) is 29.3 Å². The maximum absolute atomic E-state index is 5.48. The van der Waals surface area contributed by atoms with Gasteiger partial charge in [-0.15, -0.1) is 0 Å². The molecule has 96 valence electrons. The number of rotatable bonds is 6. The van der Waals surface area contributed by atoms with Crippen molar-refractivity contribution >= 4 is 0 Å². The standard InChI is InChI=1S/C15H25NO/c1-6-12(4)15(16-7-2)13-10-11(3)8-9-14(13)17-5/h8-10,12,15-16H,6-7H2,1-5H3. The highest BCUT2D eigenvalue weighted by Crippen LogP contribution is 2.32. The van der Waals surface area contributed by atoms with Gasteiger partial charge < -0.3 is 10.1 Å². The molecule has 0 amide bonds. The first-order valence-electron chi connectivity index (χ1n) is 6.51. The second-order valence-electron chi connectivity index (χ2n) is 4.67. The molecule has 0 aliphatic heterocycles. The number of ether oxygens (including phenoxy) is 1. The van der Waals surface area contributed by atoms with Crippen LogP contribution in [0.5, 0.6) is 5.75 Å². The van der Waals surface area contributed by atoms with Crippen molar-refractivity contribution in [3.63, 3.8) is 0 Å². The molecule has 1 N–H and O–H groups in total. The first-order valence-corrected chi connectivity index (χ1v) is 6.51. The molecule has 0 saturated carbocycles. The Balaban J connectivity index is 3.11. The summed E-state index contributed by atoms with van der Waals surface area (Å²) in [6.07, 6.45) is 1.16. The zero-order valence-electron chi connectivity index (χ0n) is 11.7. The summed E-state index contributed by atoms with van der Waals surface area (Å²) in [5, 5.41) is 3.57. The lowest BCUT2D eigenvalue weighted by Crippen LogP contribution is -2.27. The summed E-state index contributed by atoms with van der Waals surface area (Å²) < 4.78 is 5.48. The van der Waals surface area contributed by atoms with Crippen molar-refractivity contribution in [2.24, 2.45) is 5.92 Å². The Morgan fingerprint density at radius 2 is 2.00 bits per heavy atom. The summed E-state index contributed by atoms with van der Waals surface area (Å²) >= 11 is 0. The van der Waals surface area contributed by atoms with Crippen molar-refractivity contribution in [2.45, 2.75) is 40.2 Å². The van der Waals surface area contributed by atoms with Crippen LogP contribution in [-0.2, 0) is 0 Å². The van der Waals surface area contributed by atoms with Crippen LogP contribution in [0.15, 0.2) is 18.2 Å². The fourth-order valence-electron chi connectivity index (χ4n) is 2.17. The van der Waals surface area contributed by atoms with Crippen molar-refractivity contribution in [3.8, 4) is 5.75 Å². The van der Waals surface area contributed by atoms with E-state index in [0.29, 0.717) is 12.0 Å². The van der Waals surface area contributed by atoms with Gasteiger partial charge in [0.1, 0.15) is 5.75 Å². The highest BCUT2D eigenvalue weighted by molar-refractivity contribution is 5.39. The highest BCUT2D eigenvalue weighted by Gasteiger charge is 2.20. The number of hydrogen-bond donors (Lipinski definition) is 1. The van der Waals surface area contributed by atoms with E-state index in [4.69, 9.17) is 4.74 Å². The van der Waals surface area contributed by atoms with E-state index in [9.17, 15) is 0 Å². The molecule has 2 heteroatoms. The quantitative estimate of drug-likeness (QED) is 0.811. The largest absolute Gasteiger partial charge is 0.496 e. The topological polar surface area (TPSA) is 21.3 Å². The molecule has 2 atom stereocenters. The molecule has 17 heavy (non-hydrogen) atoms. The van der Waals surface area contributed by atoms with Crippen LogP contribution >= 0.6 is 0 Å². The van der Waals surface area contributed by atoms with E-state index in [2.05, 4.69) is 51.2 Å². The van der Waals surface area contributed by atoms with Gasteiger partial charge in [0.15, 0.2) is 0 Å². The molecule has 1 aromatic carbocycles. The van der Waals surface area contributed by atoms with Gasteiger partial charge >= 0.3 is 0 Å². The van der Waals surface area contributed by atoms with Crippen LogP contribution < -0.4 is 10.1 Å². The Bertz CT molecular complexity index is 349. The number of benzene rings is 1. The maximum atomic E-state index is 5.48. The summed E-state index contributed by atoms with van der Waals surface area (Å²) in [5.74, 6) is 1.59. The van der Waals surface area contributed by atoms with Gasteiger partial charge in [0.25, 0.3) is 0 Å². The summed E-state index contributed by atoms with van der Waals surface area (Å²) in [6.45, 7) is 9.78. The lowest BCUT2D eigenvalue weighted by Gasteiger charge is -2.26. The van der Waals surface area contributed by atoms with E-state index in [0.717, 1.165) is 18.7 Å². The minimum atomic E-state index is 0.375. The van der Waals surface area contributed by atoms with Crippen molar-refractivity contribution in [1.29, 1.82) is 0 Å². The fraction of sp³-hybridized carbons (Fsp3) is 0.600. The third kappa shape index (κ3) is 3.47. The average Bonchev–Trinajstić information content (AvgIpc) is 2.35. The van der Waals surface area contributed by atoms with Crippen molar-refractivity contribution in [1.82, 2.24) is 5.32 Å². The lowest BCUT2D eigenvalue weighted by atomic mass is 9.91. The molecule has 0 saturated heterocycles. The van der Waals surface area contributed by atoms with Gasteiger partial charge in [0, 0.05) is 11.6 Å². The summed E-state index contributed by atoms with van der Waals surface area (Å²) in [7, 11) is 1.74. The Kier molecular flexibility index (Phi) is 5.49. The van der Waals surface area contributed by atoms with E-state index >= 15 is 0 Å². The molecule has 0 spiro atoms. The molecule has 0 fully saturated rings. The van der Waals surface area contributed by atoms with Gasteiger partial charge in [-0.3, -0.25) is 0 Å². The third-order valence-electron chi connectivity index (χ3n) is 3.36. The fourth-order valence-corrected chi connectivity index (χ4v) is 2.17. The maximum Gasteiger partial charge on any atom is 0.123 e. The normalized spacial score (nSPS) is 14.4.